The van der Waals surface area contributed by atoms with E-state index in [0.29, 0.717) is 11.8 Å². The van der Waals surface area contributed by atoms with Gasteiger partial charge < -0.3 is 10.2 Å². The molecule has 1 aromatic rings. The molecule has 0 fully saturated rings. The van der Waals surface area contributed by atoms with Crippen LogP contribution in [-0.2, 0) is 6.54 Å². The summed E-state index contributed by atoms with van der Waals surface area (Å²) in [5.74, 6) is 2.26. The third-order valence-corrected chi connectivity index (χ3v) is 3.32. The molecule has 0 aliphatic rings. The minimum absolute atomic E-state index is 0.614. The lowest BCUT2D eigenvalue weighted by Gasteiger charge is -2.28. The van der Waals surface area contributed by atoms with Gasteiger partial charge in [0.2, 0.25) is 0 Å². The van der Waals surface area contributed by atoms with Crippen molar-refractivity contribution in [2.45, 2.75) is 41.2 Å². The molecule has 0 radical (unpaired) electrons. The van der Waals surface area contributed by atoms with Crippen molar-refractivity contribution in [2.75, 3.05) is 24.5 Å². The lowest BCUT2D eigenvalue weighted by atomic mass is 10.1. The summed E-state index contributed by atoms with van der Waals surface area (Å²) in [4.78, 5) is 6.88. The van der Waals surface area contributed by atoms with Gasteiger partial charge in [-0.3, -0.25) is 0 Å². The fourth-order valence-corrected chi connectivity index (χ4v) is 2.35. The molecule has 1 rings (SSSR count). The van der Waals surface area contributed by atoms with Crippen LogP contribution in [0.3, 0.4) is 0 Å². The molecule has 114 valence electrons. The van der Waals surface area contributed by atoms with E-state index in [1.807, 2.05) is 0 Å². The highest BCUT2D eigenvalue weighted by Crippen LogP contribution is 2.22. The quantitative estimate of drug-likeness (QED) is 0.787. The van der Waals surface area contributed by atoms with Crippen molar-refractivity contribution in [3.63, 3.8) is 0 Å². The predicted molar refractivity (Wildman–Crippen MR) is 88.5 cm³/mol. The van der Waals surface area contributed by atoms with Crippen molar-refractivity contribution < 1.29 is 0 Å². The Morgan fingerprint density at radius 2 is 1.80 bits per heavy atom. The SMILES string of the molecule is CCNCc1cc(N(CC(C)C)CC(C)C)ncc1Cl. The number of aromatic nitrogens is 1. The molecule has 0 aliphatic heterocycles. The van der Waals surface area contributed by atoms with Gasteiger partial charge in [0.1, 0.15) is 5.82 Å². The van der Waals surface area contributed by atoms with Crippen LogP contribution < -0.4 is 10.2 Å². The van der Waals surface area contributed by atoms with Crippen molar-refractivity contribution >= 4 is 17.4 Å². The maximum absolute atomic E-state index is 6.23. The number of anilines is 1. The highest BCUT2D eigenvalue weighted by molar-refractivity contribution is 6.31. The summed E-state index contributed by atoms with van der Waals surface area (Å²) in [5.41, 5.74) is 1.12. The van der Waals surface area contributed by atoms with Crippen molar-refractivity contribution in [1.29, 1.82) is 0 Å². The van der Waals surface area contributed by atoms with Crippen LogP contribution in [0, 0.1) is 11.8 Å². The standard InChI is InChI=1S/C16H28ClN3/c1-6-18-8-14-7-16(19-9-15(14)17)20(10-12(2)3)11-13(4)5/h7,9,12-13,18H,6,8,10-11H2,1-5H3. The van der Waals surface area contributed by atoms with Crippen molar-refractivity contribution in [3.8, 4) is 0 Å². The normalized spacial score (nSPS) is 11.4. The second kappa shape index (κ2) is 8.48. The fourth-order valence-electron chi connectivity index (χ4n) is 2.18. The Bertz CT molecular complexity index is 395. The molecule has 1 N–H and O–H groups in total. The first kappa shape index (κ1) is 17.3. The molecular formula is C16H28ClN3. The third-order valence-electron chi connectivity index (χ3n) is 2.98. The average Bonchev–Trinajstić information content (AvgIpc) is 2.36. The number of rotatable bonds is 8. The van der Waals surface area contributed by atoms with Crippen LogP contribution in [0.1, 0.15) is 40.2 Å². The molecule has 20 heavy (non-hydrogen) atoms. The first-order valence-corrected chi connectivity index (χ1v) is 7.91. The molecule has 0 aromatic carbocycles. The molecule has 0 aliphatic carbocycles. The van der Waals surface area contributed by atoms with Crippen molar-refractivity contribution in [1.82, 2.24) is 10.3 Å². The van der Waals surface area contributed by atoms with Gasteiger partial charge in [0.15, 0.2) is 0 Å². The van der Waals surface area contributed by atoms with Gasteiger partial charge in [0.25, 0.3) is 0 Å². The van der Waals surface area contributed by atoms with Crippen LogP contribution in [0.5, 0.6) is 0 Å². The molecule has 0 saturated carbocycles. The fraction of sp³-hybridized carbons (Fsp3) is 0.688. The minimum Gasteiger partial charge on any atom is -0.356 e. The van der Waals surface area contributed by atoms with Crippen LogP contribution >= 0.6 is 11.6 Å². The lowest BCUT2D eigenvalue weighted by molar-refractivity contribution is 0.548. The Kier molecular flexibility index (Phi) is 7.31. The van der Waals surface area contributed by atoms with Crippen molar-refractivity contribution in [3.05, 3.63) is 22.8 Å². The van der Waals surface area contributed by atoms with E-state index in [4.69, 9.17) is 11.6 Å². The van der Waals surface area contributed by atoms with Crippen LogP contribution in [0.15, 0.2) is 12.3 Å². The minimum atomic E-state index is 0.614. The van der Waals surface area contributed by atoms with E-state index in [9.17, 15) is 0 Å². The monoisotopic (exact) mass is 297 g/mol. The maximum Gasteiger partial charge on any atom is 0.128 e. The van der Waals surface area contributed by atoms with E-state index in [1.54, 1.807) is 6.20 Å². The van der Waals surface area contributed by atoms with E-state index in [1.165, 1.54) is 0 Å². The topological polar surface area (TPSA) is 28.2 Å². The average molecular weight is 298 g/mol. The molecule has 1 heterocycles. The second-order valence-electron chi connectivity index (χ2n) is 6.11. The van der Waals surface area contributed by atoms with Gasteiger partial charge in [-0.25, -0.2) is 4.98 Å². The molecule has 0 atom stereocenters. The van der Waals surface area contributed by atoms with Gasteiger partial charge >= 0.3 is 0 Å². The smallest absolute Gasteiger partial charge is 0.128 e. The van der Waals surface area contributed by atoms with Crippen LogP contribution in [0.2, 0.25) is 5.02 Å². The molecule has 4 heteroatoms. The summed E-state index contributed by atoms with van der Waals surface area (Å²) >= 11 is 6.23. The largest absolute Gasteiger partial charge is 0.356 e. The number of nitrogens with one attached hydrogen (secondary N) is 1. The molecular weight excluding hydrogens is 270 g/mol. The van der Waals surface area contributed by atoms with Gasteiger partial charge in [-0.05, 0) is 30.0 Å². The Labute approximate surface area is 128 Å². The molecule has 1 aromatic heterocycles. The number of hydrogen-bond donors (Lipinski definition) is 1. The highest BCUT2D eigenvalue weighted by atomic mass is 35.5. The van der Waals surface area contributed by atoms with E-state index >= 15 is 0 Å². The van der Waals surface area contributed by atoms with E-state index in [2.05, 4.69) is 55.9 Å². The van der Waals surface area contributed by atoms with Crippen LogP contribution in [0.4, 0.5) is 5.82 Å². The summed E-state index contributed by atoms with van der Waals surface area (Å²) < 4.78 is 0. The van der Waals surface area contributed by atoms with Gasteiger partial charge in [0, 0.05) is 25.8 Å². The van der Waals surface area contributed by atoms with E-state index in [0.717, 1.165) is 42.6 Å². The molecule has 0 bridgehead atoms. The number of nitrogens with zero attached hydrogens (tertiary/aromatic N) is 2. The first-order valence-electron chi connectivity index (χ1n) is 7.54. The van der Waals surface area contributed by atoms with Crippen LogP contribution in [-0.4, -0.2) is 24.6 Å². The Balaban J connectivity index is 2.94. The van der Waals surface area contributed by atoms with E-state index in [-0.39, 0.29) is 0 Å². The van der Waals surface area contributed by atoms with Gasteiger partial charge in [-0.15, -0.1) is 0 Å². The molecule has 0 unspecified atom stereocenters. The summed E-state index contributed by atoms with van der Waals surface area (Å²) in [6, 6.07) is 2.12. The Hall–Kier alpha value is -0.800. The summed E-state index contributed by atoms with van der Waals surface area (Å²) in [5, 5.41) is 4.06. The molecule has 3 nitrogen and oxygen atoms in total. The second-order valence-corrected chi connectivity index (χ2v) is 6.51. The Morgan fingerprint density at radius 3 is 2.30 bits per heavy atom. The first-order chi connectivity index (χ1) is 9.43. The lowest BCUT2D eigenvalue weighted by Crippen LogP contribution is -2.32. The number of hydrogen-bond acceptors (Lipinski definition) is 3. The molecule has 0 amide bonds. The molecule has 0 spiro atoms. The summed E-state index contributed by atoms with van der Waals surface area (Å²) in [7, 11) is 0. The van der Waals surface area contributed by atoms with Gasteiger partial charge in [-0.1, -0.05) is 46.2 Å². The highest BCUT2D eigenvalue weighted by Gasteiger charge is 2.13. The summed E-state index contributed by atoms with van der Waals surface area (Å²) in [6.45, 7) is 14.8. The van der Waals surface area contributed by atoms with E-state index < -0.39 is 0 Å². The number of halogens is 1. The van der Waals surface area contributed by atoms with Gasteiger partial charge in [-0.2, -0.15) is 0 Å². The molecule has 0 saturated heterocycles. The zero-order chi connectivity index (χ0) is 15.1. The predicted octanol–water partition coefficient (Wildman–Crippen LogP) is 3.96. The van der Waals surface area contributed by atoms with Crippen LogP contribution in [0.25, 0.3) is 0 Å². The Morgan fingerprint density at radius 1 is 1.20 bits per heavy atom. The maximum atomic E-state index is 6.23. The third kappa shape index (κ3) is 5.68. The number of pyridine rings is 1. The summed E-state index contributed by atoms with van der Waals surface area (Å²) in [6.07, 6.45) is 1.78. The van der Waals surface area contributed by atoms with Gasteiger partial charge in [0.05, 0.1) is 5.02 Å². The zero-order valence-corrected chi connectivity index (χ0v) is 14.2. The van der Waals surface area contributed by atoms with Crippen molar-refractivity contribution in [2.24, 2.45) is 11.8 Å². The zero-order valence-electron chi connectivity index (χ0n) is 13.4.